The van der Waals surface area contributed by atoms with Crippen molar-refractivity contribution in [1.82, 2.24) is 10.2 Å². The third-order valence-corrected chi connectivity index (χ3v) is 4.14. The predicted octanol–water partition coefficient (Wildman–Crippen LogP) is 1.20. The van der Waals surface area contributed by atoms with Crippen molar-refractivity contribution in [3.63, 3.8) is 0 Å². The molecule has 1 aromatic carbocycles. The Morgan fingerprint density at radius 1 is 1.41 bits per heavy atom. The van der Waals surface area contributed by atoms with Gasteiger partial charge in [0, 0.05) is 18.1 Å². The highest BCUT2D eigenvalue weighted by Gasteiger charge is 2.24. The molecule has 1 heterocycles. The zero-order valence-electron chi connectivity index (χ0n) is 12.6. The van der Waals surface area contributed by atoms with Gasteiger partial charge in [0.15, 0.2) is 0 Å². The van der Waals surface area contributed by atoms with E-state index in [-0.39, 0.29) is 17.7 Å². The number of likely N-dealkylation sites (tertiary alicyclic amines) is 1. The summed E-state index contributed by atoms with van der Waals surface area (Å²) in [5.41, 5.74) is 6.44. The van der Waals surface area contributed by atoms with Gasteiger partial charge >= 0.3 is 0 Å². The van der Waals surface area contributed by atoms with Crippen LogP contribution in [-0.4, -0.2) is 42.9 Å². The fourth-order valence-electron chi connectivity index (χ4n) is 2.73. The average Bonchev–Trinajstić information content (AvgIpc) is 2.47. The largest absolute Gasteiger partial charge is 0.369 e. The van der Waals surface area contributed by atoms with Crippen molar-refractivity contribution < 1.29 is 9.59 Å². The molecule has 0 radical (unpaired) electrons. The molecule has 0 aromatic heterocycles. The lowest BCUT2D eigenvalue weighted by Gasteiger charge is -2.30. The Kier molecular flexibility index (Phi) is 6.21. The van der Waals surface area contributed by atoms with Crippen molar-refractivity contribution in [2.75, 3.05) is 26.2 Å². The lowest BCUT2D eigenvalue weighted by atomic mass is 9.97. The number of hydrogen-bond donors (Lipinski definition) is 2. The van der Waals surface area contributed by atoms with Crippen LogP contribution in [0.1, 0.15) is 18.4 Å². The SMILES string of the molecule is NC(=O)[C@@H]1CCCN(CC(=O)NCCc2cccc(Cl)c2)C1. The number of nitrogens with zero attached hydrogens (tertiary/aromatic N) is 1. The summed E-state index contributed by atoms with van der Waals surface area (Å²) < 4.78 is 0. The molecule has 3 N–H and O–H groups in total. The molecule has 6 heteroatoms. The number of amides is 2. The third-order valence-electron chi connectivity index (χ3n) is 3.90. The Hall–Kier alpha value is -1.59. The number of benzene rings is 1. The molecule has 0 spiro atoms. The molecule has 0 bridgehead atoms. The van der Waals surface area contributed by atoms with Crippen LogP contribution in [0.5, 0.6) is 0 Å². The minimum absolute atomic E-state index is 0.0212. The lowest BCUT2D eigenvalue weighted by Crippen LogP contribution is -2.45. The number of carbonyl (C=O) groups excluding carboxylic acids is 2. The van der Waals surface area contributed by atoms with Gasteiger partial charge in [0.1, 0.15) is 0 Å². The summed E-state index contributed by atoms with van der Waals surface area (Å²) in [5.74, 6) is -0.425. The van der Waals surface area contributed by atoms with Crippen LogP contribution in [0.15, 0.2) is 24.3 Å². The number of halogens is 1. The second-order valence-corrected chi connectivity index (χ2v) is 6.14. The molecule has 0 aliphatic carbocycles. The Morgan fingerprint density at radius 2 is 2.23 bits per heavy atom. The Morgan fingerprint density at radius 3 is 2.95 bits per heavy atom. The van der Waals surface area contributed by atoms with E-state index in [1.54, 1.807) is 0 Å². The summed E-state index contributed by atoms with van der Waals surface area (Å²) in [4.78, 5) is 25.2. The van der Waals surface area contributed by atoms with E-state index < -0.39 is 0 Å². The van der Waals surface area contributed by atoms with E-state index in [9.17, 15) is 9.59 Å². The molecule has 0 saturated carbocycles. The Balaban J connectivity index is 1.70. The molecule has 1 aromatic rings. The first-order valence-corrected chi connectivity index (χ1v) is 7.95. The maximum Gasteiger partial charge on any atom is 0.234 e. The second-order valence-electron chi connectivity index (χ2n) is 5.71. The zero-order chi connectivity index (χ0) is 15.9. The molecule has 1 aliphatic heterocycles. The van der Waals surface area contributed by atoms with Crippen LogP contribution >= 0.6 is 11.6 Å². The van der Waals surface area contributed by atoms with Crippen LogP contribution in [0.3, 0.4) is 0 Å². The Labute approximate surface area is 135 Å². The number of rotatable bonds is 6. The average molecular weight is 324 g/mol. The minimum Gasteiger partial charge on any atom is -0.369 e. The first-order chi connectivity index (χ1) is 10.5. The highest BCUT2D eigenvalue weighted by Crippen LogP contribution is 2.15. The van der Waals surface area contributed by atoms with Crippen LogP contribution in [0.4, 0.5) is 0 Å². The summed E-state index contributed by atoms with van der Waals surface area (Å²) in [6.07, 6.45) is 2.47. The first kappa shape index (κ1) is 16.8. The van der Waals surface area contributed by atoms with E-state index in [1.165, 1.54) is 0 Å². The zero-order valence-corrected chi connectivity index (χ0v) is 13.3. The summed E-state index contributed by atoms with van der Waals surface area (Å²) in [7, 11) is 0. The number of nitrogens with one attached hydrogen (secondary N) is 1. The quantitative estimate of drug-likeness (QED) is 0.826. The fourth-order valence-corrected chi connectivity index (χ4v) is 2.94. The first-order valence-electron chi connectivity index (χ1n) is 7.57. The van der Waals surface area contributed by atoms with E-state index in [2.05, 4.69) is 5.32 Å². The third kappa shape index (κ3) is 5.31. The van der Waals surface area contributed by atoms with Gasteiger partial charge in [-0.2, -0.15) is 0 Å². The predicted molar refractivity (Wildman–Crippen MR) is 86.5 cm³/mol. The molecule has 1 fully saturated rings. The van der Waals surface area contributed by atoms with Crippen molar-refractivity contribution in [3.8, 4) is 0 Å². The molecular weight excluding hydrogens is 302 g/mol. The second kappa shape index (κ2) is 8.15. The molecule has 1 saturated heterocycles. The molecule has 5 nitrogen and oxygen atoms in total. The maximum atomic E-state index is 11.9. The van der Waals surface area contributed by atoms with E-state index in [0.717, 1.165) is 31.4 Å². The normalized spacial score (nSPS) is 18.9. The highest BCUT2D eigenvalue weighted by atomic mass is 35.5. The smallest absolute Gasteiger partial charge is 0.234 e. The van der Waals surface area contributed by atoms with Gasteiger partial charge in [0.05, 0.1) is 12.5 Å². The topological polar surface area (TPSA) is 75.4 Å². The van der Waals surface area contributed by atoms with Gasteiger partial charge in [0.25, 0.3) is 0 Å². The van der Waals surface area contributed by atoms with Gasteiger partial charge in [-0.1, -0.05) is 23.7 Å². The Bertz CT molecular complexity index is 536. The standard InChI is InChI=1S/C16H22ClN3O2/c17-14-5-1-3-12(9-14)6-7-19-15(21)11-20-8-2-4-13(10-20)16(18)22/h1,3,5,9,13H,2,4,6-8,10-11H2,(H2,18,22)(H,19,21)/t13-/m1/s1. The van der Waals surface area contributed by atoms with Crippen molar-refractivity contribution in [1.29, 1.82) is 0 Å². The van der Waals surface area contributed by atoms with Gasteiger partial charge in [0.2, 0.25) is 11.8 Å². The highest BCUT2D eigenvalue weighted by molar-refractivity contribution is 6.30. The fraction of sp³-hybridized carbons (Fsp3) is 0.500. The van der Waals surface area contributed by atoms with Gasteiger partial charge < -0.3 is 11.1 Å². The van der Waals surface area contributed by atoms with Crippen LogP contribution in [0, 0.1) is 5.92 Å². The van der Waals surface area contributed by atoms with E-state index >= 15 is 0 Å². The molecule has 2 rings (SSSR count). The molecular formula is C16H22ClN3O2. The summed E-state index contributed by atoms with van der Waals surface area (Å²) in [6, 6.07) is 7.61. The maximum absolute atomic E-state index is 11.9. The number of carbonyl (C=O) groups is 2. The molecule has 2 amide bonds. The van der Waals surface area contributed by atoms with E-state index in [1.807, 2.05) is 29.2 Å². The van der Waals surface area contributed by atoms with Crippen molar-refractivity contribution in [2.24, 2.45) is 11.7 Å². The van der Waals surface area contributed by atoms with Crippen LogP contribution < -0.4 is 11.1 Å². The minimum atomic E-state index is -0.272. The lowest BCUT2D eigenvalue weighted by molar-refractivity contribution is -0.126. The van der Waals surface area contributed by atoms with Crippen molar-refractivity contribution in [2.45, 2.75) is 19.3 Å². The van der Waals surface area contributed by atoms with Gasteiger partial charge in [-0.05, 0) is 43.5 Å². The van der Waals surface area contributed by atoms with Crippen LogP contribution in [0.25, 0.3) is 0 Å². The molecule has 22 heavy (non-hydrogen) atoms. The number of hydrogen-bond acceptors (Lipinski definition) is 3. The number of piperidine rings is 1. The van der Waals surface area contributed by atoms with Gasteiger partial charge in [-0.15, -0.1) is 0 Å². The van der Waals surface area contributed by atoms with E-state index in [0.29, 0.717) is 24.7 Å². The molecule has 0 unspecified atom stereocenters. The molecule has 1 atom stereocenters. The van der Waals surface area contributed by atoms with Crippen molar-refractivity contribution in [3.05, 3.63) is 34.9 Å². The molecule has 120 valence electrons. The van der Waals surface area contributed by atoms with Gasteiger partial charge in [-0.3, -0.25) is 14.5 Å². The summed E-state index contributed by atoms with van der Waals surface area (Å²) in [6.45, 7) is 2.31. The number of nitrogens with two attached hydrogens (primary N) is 1. The van der Waals surface area contributed by atoms with Crippen molar-refractivity contribution >= 4 is 23.4 Å². The van der Waals surface area contributed by atoms with Crippen LogP contribution in [0.2, 0.25) is 5.02 Å². The number of primary amides is 1. The van der Waals surface area contributed by atoms with Crippen LogP contribution in [-0.2, 0) is 16.0 Å². The van der Waals surface area contributed by atoms with Gasteiger partial charge in [-0.25, -0.2) is 0 Å². The monoisotopic (exact) mass is 323 g/mol. The molecule has 1 aliphatic rings. The van der Waals surface area contributed by atoms with E-state index in [4.69, 9.17) is 17.3 Å². The summed E-state index contributed by atoms with van der Waals surface area (Å²) >= 11 is 5.92. The summed E-state index contributed by atoms with van der Waals surface area (Å²) in [5, 5.41) is 3.61.